The molecule has 0 aliphatic heterocycles. The van der Waals surface area contributed by atoms with Gasteiger partial charge in [-0.05, 0) is 66.6 Å². The van der Waals surface area contributed by atoms with Crippen LogP contribution >= 0.6 is 0 Å². The summed E-state index contributed by atoms with van der Waals surface area (Å²) in [5.74, 6) is 0. The molecule has 0 atom stereocenters. The highest BCUT2D eigenvalue weighted by atomic mass is 15.1. The molecule has 0 amide bonds. The highest BCUT2D eigenvalue weighted by Gasteiger charge is 2.12. The highest BCUT2D eigenvalue weighted by molar-refractivity contribution is 5.89. The van der Waals surface area contributed by atoms with Gasteiger partial charge in [0.1, 0.15) is 0 Å². The van der Waals surface area contributed by atoms with Gasteiger partial charge in [0.25, 0.3) is 0 Å². The minimum atomic E-state index is 1.15. The first kappa shape index (κ1) is 18.8. The van der Waals surface area contributed by atoms with Crippen LogP contribution in [0.5, 0.6) is 0 Å². The normalized spacial score (nSPS) is 11.5. The fourth-order valence-corrected chi connectivity index (χ4v) is 3.47. The summed E-state index contributed by atoms with van der Waals surface area (Å²) in [7, 11) is 0. The Morgan fingerprint density at radius 2 is 1.24 bits per heavy atom. The van der Waals surface area contributed by atoms with Crippen molar-refractivity contribution in [3.05, 3.63) is 120 Å². The van der Waals surface area contributed by atoms with E-state index in [2.05, 4.69) is 115 Å². The second-order valence-corrected chi connectivity index (χ2v) is 7.18. The number of allylic oxidation sites excluding steroid dienone is 3. The van der Waals surface area contributed by atoms with Crippen LogP contribution < -0.4 is 4.90 Å². The Kier molecular flexibility index (Phi) is 5.58. The zero-order chi connectivity index (χ0) is 20.1. The molecule has 1 nitrogen and oxygen atoms in total. The number of hydrogen-bond donors (Lipinski definition) is 0. The zero-order valence-electron chi connectivity index (χ0n) is 16.9. The second-order valence-electron chi connectivity index (χ2n) is 7.18. The Labute approximate surface area is 173 Å². The number of aryl methyl sites for hydroxylation is 1. The third-order valence-electron chi connectivity index (χ3n) is 5.03. The standard InChI is InChI=1S/C28H25N/c1-3-4-5-8-23-13-18-27(19-14-23)29(26-16-11-22(2)12-17-26)28-20-15-24-9-6-7-10-25(24)21-28/h3-21H,1-2H3/b4-3-,8-5-. The molecule has 0 unspecified atom stereocenters. The van der Waals surface area contributed by atoms with Gasteiger partial charge in [0.15, 0.2) is 0 Å². The number of anilines is 3. The molecule has 0 aliphatic rings. The lowest BCUT2D eigenvalue weighted by Gasteiger charge is -2.26. The molecule has 142 valence electrons. The Morgan fingerprint density at radius 3 is 1.93 bits per heavy atom. The van der Waals surface area contributed by atoms with E-state index in [1.165, 1.54) is 21.9 Å². The summed E-state index contributed by atoms with van der Waals surface area (Å²) < 4.78 is 0. The molecule has 0 spiro atoms. The Balaban J connectivity index is 1.78. The van der Waals surface area contributed by atoms with Gasteiger partial charge in [0.05, 0.1) is 0 Å². The zero-order valence-corrected chi connectivity index (χ0v) is 16.9. The van der Waals surface area contributed by atoms with Gasteiger partial charge in [-0.3, -0.25) is 0 Å². The molecule has 0 aromatic heterocycles. The van der Waals surface area contributed by atoms with E-state index in [1.54, 1.807) is 0 Å². The van der Waals surface area contributed by atoms with E-state index >= 15 is 0 Å². The SMILES string of the molecule is C/C=C\C=C/c1ccc(N(c2ccc(C)cc2)c2ccc3ccccc3c2)cc1. The van der Waals surface area contributed by atoms with Crippen LogP contribution in [-0.2, 0) is 0 Å². The molecule has 4 rings (SSSR count). The van der Waals surface area contributed by atoms with Gasteiger partial charge in [-0.2, -0.15) is 0 Å². The van der Waals surface area contributed by atoms with Crippen molar-refractivity contribution < 1.29 is 0 Å². The summed E-state index contributed by atoms with van der Waals surface area (Å²) in [6, 6.07) is 32.5. The predicted molar refractivity (Wildman–Crippen MR) is 127 cm³/mol. The average Bonchev–Trinajstić information content (AvgIpc) is 2.76. The predicted octanol–water partition coefficient (Wildman–Crippen LogP) is 8.21. The summed E-state index contributed by atoms with van der Waals surface area (Å²) >= 11 is 0. The largest absolute Gasteiger partial charge is 0.310 e. The highest BCUT2D eigenvalue weighted by Crippen LogP contribution is 2.36. The van der Waals surface area contributed by atoms with Gasteiger partial charge < -0.3 is 4.90 Å². The summed E-state index contributed by atoms with van der Waals surface area (Å²) in [6.07, 6.45) is 8.26. The first-order chi connectivity index (χ1) is 14.2. The number of benzene rings is 4. The first-order valence-corrected chi connectivity index (χ1v) is 9.99. The molecule has 4 aromatic rings. The molecule has 0 saturated carbocycles. The van der Waals surface area contributed by atoms with Crippen LogP contribution in [0.2, 0.25) is 0 Å². The van der Waals surface area contributed by atoms with Crippen molar-refractivity contribution in [2.24, 2.45) is 0 Å². The lowest BCUT2D eigenvalue weighted by Crippen LogP contribution is -2.09. The van der Waals surface area contributed by atoms with Gasteiger partial charge in [-0.25, -0.2) is 0 Å². The number of hydrogen-bond acceptors (Lipinski definition) is 1. The molecule has 0 radical (unpaired) electrons. The summed E-state index contributed by atoms with van der Waals surface area (Å²) in [6.45, 7) is 4.15. The van der Waals surface area contributed by atoms with Gasteiger partial charge >= 0.3 is 0 Å². The first-order valence-electron chi connectivity index (χ1n) is 9.99. The van der Waals surface area contributed by atoms with Crippen LogP contribution in [0.3, 0.4) is 0 Å². The molecule has 29 heavy (non-hydrogen) atoms. The van der Waals surface area contributed by atoms with Crippen molar-refractivity contribution >= 4 is 33.9 Å². The topological polar surface area (TPSA) is 3.24 Å². The molecule has 1 heteroatoms. The lowest BCUT2D eigenvalue weighted by molar-refractivity contribution is 1.28. The smallest absolute Gasteiger partial charge is 0.0468 e. The van der Waals surface area contributed by atoms with Gasteiger partial charge in [-0.1, -0.05) is 84.5 Å². The molecular weight excluding hydrogens is 350 g/mol. The van der Waals surface area contributed by atoms with Crippen LogP contribution in [0.4, 0.5) is 17.1 Å². The maximum absolute atomic E-state index is 2.31. The van der Waals surface area contributed by atoms with E-state index in [1.807, 2.05) is 19.1 Å². The van der Waals surface area contributed by atoms with Gasteiger partial charge in [-0.15, -0.1) is 0 Å². The van der Waals surface area contributed by atoms with Crippen molar-refractivity contribution in [2.45, 2.75) is 13.8 Å². The Hall–Kier alpha value is -3.58. The van der Waals surface area contributed by atoms with Gasteiger partial charge in [0.2, 0.25) is 0 Å². The second kappa shape index (κ2) is 8.62. The van der Waals surface area contributed by atoms with E-state index in [4.69, 9.17) is 0 Å². The van der Waals surface area contributed by atoms with Crippen LogP contribution in [0.15, 0.2) is 109 Å². The van der Waals surface area contributed by atoms with E-state index in [0.717, 1.165) is 17.1 Å². The van der Waals surface area contributed by atoms with Crippen LogP contribution in [0, 0.1) is 6.92 Å². The van der Waals surface area contributed by atoms with E-state index in [-0.39, 0.29) is 0 Å². The van der Waals surface area contributed by atoms with E-state index in [9.17, 15) is 0 Å². The number of nitrogens with zero attached hydrogens (tertiary/aromatic N) is 1. The maximum Gasteiger partial charge on any atom is 0.0468 e. The van der Waals surface area contributed by atoms with E-state index < -0.39 is 0 Å². The van der Waals surface area contributed by atoms with Crippen LogP contribution in [0.1, 0.15) is 18.1 Å². The van der Waals surface area contributed by atoms with E-state index in [0.29, 0.717) is 0 Å². The Morgan fingerprint density at radius 1 is 0.621 bits per heavy atom. The van der Waals surface area contributed by atoms with Crippen LogP contribution in [0.25, 0.3) is 16.8 Å². The summed E-state index contributed by atoms with van der Waals surface area (Å²) in [5, 5.41) is 2.50. The maximum atomic E-state index is 2.31. The minimum Gasteiger partial charge on any atom is -0.310 e. The average molecular weight is 376 g/mol. The molecule has 0 fully saturated rings. The van der Waals surface area contributed by atoms with Crippen molar-refractivity contribution in [3.8, 4) is 0 Å². The lowest BCUT2D eigenvalue weighted by atomic mass is 10.1. The van der Waals surface area contributed by atoms with Crippen molar-refractivity contribution in [2.75, 3.05) is 4.90 Å². The molecule has 0 aliphatic carbocycles. The molecule has 0 bridgehead atoms. The molecule has 0 heterocycles. The number of rotatable bonds is 5. The van der Waals surface area contributed by atoms with Gasteiger partial charge in [0, 0.05) is 17.1 Å². The third-order valence-corrected chi connectivity index (χ3v) is 5.03. The fourth-order valence-electron chi connectivity index (χ4n) is 3.47. The molecule has 0 saturated heterocycles. The minimum absolute atomic E-state index is 1.15. The molecule has 0 N–H and O–H groups in total. The number of fused-ring (bicyclic) bond motifs is 1. The molecule has 4 aromatic carbocycles. The third kappa shape index (κ3) is 4.30. The van der Waals surface area contributed by atoms with Crippen molar-refractivity contribution in [1.29, 1.82) is 0 Å². The summed E-state index contributed by atoms with van der Waals surface area (Å²) in [5.41, 5.74) is 5.91. The molecular formula is C28H25N. The van der Waals surface area contributed by atoms with Crippen LogP contribution in [-0.4, -0.2) is 0 Å². The fraction of sp³-hybridized carbons (Fsp3) is 0.0714. The van der Waals surface area contributed by atoms with Crippen molar-refractivity contribution in [3.63, 3.8) is 0 Å². The monoisotopic (exact) mass is 375 g/mol. The summed E-state index contributed by atoms with van der Waals surface area (Å²) in [4.78, 5) is 2.31. The Bertz CT molecular complexity index is 1150. The quantitative estimate of drug-likeness (QED) is 0.318. The van der Waals surface area contributed by atoms with Crippen molar-refractivity contribution in [1.82, 2.24) is 0 Å².